The molecule has 7 nitrogen and oxygen atoms in total. The topological polar surface area (TPSA) is 95.9 Å². The van der Waals surface area contributed by atoms with Gasteiger partial charge in [0.25, 0.3) is 0 Å². The van der Waals surface area contributed by atoms with Crippen LogP contribution in [0.2, 0.25) is 0 Å². The molecule has 1 fully saturated rings. The van der Waals surface area contributed by atoms with Crippen molar-refractivity contribution in [1.29, 1.82) is 0 Å². The summed E-state index contributed by atoms with van der Waals surface area (Å²) in [5.74, 6) is -1.26. The Kier molecular flexibility index (Phi) is 6.11. The van der Waals surface area contributed by atoms with Crippen molar-refractivity contribution in [3.05, 3.63) is 0 Å². The summed E-state index contributed by atoms with van der Waals surface area (Å²) in [5, 5.41) is 11.6. The summed E-state index contributed by atoms with van der Waals surface area (Å²) in [7, 11) is 0. The van der Waals surface area contributed by atoms with Crippen molar-refractivity contribution in [2.75, 3.05) is 19.7 Å². The number of carbonyl (C=O) groups is 3. The highest BCUT2D eigenvalue weighted by Gasteiger charge is 2.33. The first kappa shape index (κ1) is 15.3. The number of nitrogens with one attached hydrogen (secondary N) is 1. The van der Waals surface area contributed by atoms with Crippen LogP contribution in [0.4, 0.5) is 4.79 Å². The maximum atomic E-state index is 11.8. The van der Waals surface area contributed by atoms with Gasteiger partial charge in [-0.2, -0.15) is 0 Å². The normalized spacial score (nSPS) is 18.2. The zero-order chi connectivity index (χ0) is 14.3. The zero-order valence-corrected chi connectivity index (χ0v) is 11.1. The minimum Gasteiger partial charge on any atom is -0.480 e. The van der Waals surface area contributed by atoms with E-state index in [4.69, 9.17) is 9.84 Å². The molecule has 0 saturated carbocycles. The highest BCUT2D eigenvalue weighted by atomic mass is 16.5. The van der Waals surface area contributed by atoms with Gasteiger partial charge in [-0.3, -0.25) is 4.79 Å². The third-order valence-electron chi connectivity index (χ3n) is 2.94. The molecule has 1 saturated heterocycles. The first-order valence-corrected chi connectivity index (χ1v) is 6.49. The van der Waals surface area contributed by atoms with Gasteiger partial charge in [0.05, 0.1) is 6.61 Å². The largest absolute Gasteiger partial charge is 0.480 e. The van der Waals surface area contributed by atoms with Crippen LogP contribution in [-0.4, -0.2) is 53.7 Å². The van der Waals surface area contributed by atoms with Crippen LogP contribution in [-0.2, 0) is 14.3 Å². The Hall–Kier alpha value is -1.79. The van der Waals surface area contributed by atoms with Gasteiger partial charge in [0.1, 0.15) is 6.04 Å². The predicted molar refractivity (Wildman–Crippen MR) is 66.6 cm³/mol. The number of carboxylic acids is 1. The maximum Gasteiger partial charge on any atom is 0.326 e. The molecule has 1 heterocycles. The first-order valence-electron chi connectivity index (χ1n) is 6.49. The highest BCUT2D eigenvalue weighted by molar-refractivity contribution is 5.83. The van der Waals surface area contributed by atoms with Gasteiger partial charge >= 0.3 is 18.0 Å². The maximum absolute atomic E-state index is 11.8. The van der Waals surface area contributed by atoms with Gasteiger partial charge in [0.15, 0.2) is 0 Å². The van der Waals surface area contributed by atoms with E-state index in [1.807, 2.05) is 0 Å². The first-order chi connectivity index (χ1) is 9.06. The van der Waals surface area contributed by atoms with Gasteiger partial charge in [-0.25, -0.2) is 9.59 Å². The Morgan fingerprint density at radius 1 is 1.42 bits per heavy atom. The summed E-state index contributed by atoms with van der Waals surface area (Å²) in [4.78, 5) is 35.1. The van der Waals surface area contributed by atoms with E-state index in [1.165, 1.54) is 4.90 Å². The molecule has 0 unspecified atom stereocenters. The molecule has 108 valence electrons. The van der Waals surface area contributed by atoms with E-state index in [0.29, 0.717) is 39.0 Å². The van der Waals surface area contributed by atoms with E-state index in [9.17, 15) is 14.4 Å². The minimum absolute atomic E-state index is 0.247. The second kappa shape index (κ2) is 7.60. The molecule has 2 amide bonds. The summed E-state index contributed by atoms with van der Waals surface area (Å²) >= 11 is 0. The minimum atomic E-state index is -0.973. The molecular weight excluding hydrogens is 252 g/mol. The molecule has 0 radical (unpaired) electrons. The van der Waals surface area contributed by atoms with Gasteiger partial charge in [-0.05, 0) is 26.2 Å². The zero-order valence-electron chi connectivity index (χ0n) is 11.1. The van der Waals surface area contributed by atoms with Crippen LogP contribution in [0.5, 0.6) is 0 Å². The third-order valence-corrected chi connectivity index (χ3v) is 2.94. The smallest absolute Gasteiger partial charge is 0.326 e. The van der Waals surface area contributed by atoms with E-state index in [0.717, 1.165) is 0 Å². The van der Waals surface area contributed by atoms with Crippen LogP contribution in [0.3, 0.4) is 0 Å². The standard InChI is InChI=1S/C12H20N2O5/c1-2-19-10(15)6-3-7-13-12(18)14-8-4-5-9(14)11(16)17/h9H,2-8H2,1H3,(H,13,18)(H,16,17)/t9-/m0/s1. The van der Waals surface area contributed by atoms with E-state index in [1.54, 1.807) is 6.92 Å². The van der Waals surface area contributed by atoms with Gasteiger partial charge in [0, 0.05) is 19.5 Å². The van der Waals surface area contributed by atoms with Crippen LogP contribution in [0, 0.1) is 0 Å². The fourth-order valence-corrected chi connectivity index (χ4v) is 2.03. The number of hydrogen-bond acceptors (Lipinski definition) is 4. The van der Waals surface area contributed by atoms with Crippen LogP contribution in [0.1, 0.15) is 32.6 Å². The van der Waals surface area contributed by atoms with Gasteiger partial charge in [-0.1, -0.05) is 0 Å². The third kappa shape index (κ3) is 4.76. The second-order valence-corrected chi connectivity index (χ2v) is 4.33. The van der Waals surface area contributed by atoms with E-state index in [-0.39, 0.29) is 18.4 Å². The van der Waals surface area contributed by atoms with Gasteiger partial charge < -0.3 is 20.1 Å². The Balaban J connectivity index is 2.24. The average molecular weight is 272 g/mol. The predicted octanol–water partition coefficient (Wildman–Crippen LogP) is 0.588. The summed E-state index contributed by atoms with van der Waals surface area (Å²) in [6.07, 6.45) is 1.92. The summed E-state index contributed by atoms with van der Waals surface area (Å²) in [6, 6.07) is -1.11. The lowest BCUT2D eigenvalue weighted by atomic mass is 10.2. The Bertz CT molecular complexity index is 345. The lowest BCUT2D eigenvalue weighted by Crippen LogP contribution is -2.46. The van der Waals surface area contributed by atoms with E-state index in [2.05, 4.69) is 5.32 Å². The van der Waals surface area contributed by atoms with Gasteiger partial charge in [0.2, 0.25) is 0 Å². The number of carboxylic acid groups (broad SMARTS) is 1. The molecule has 1 rings (SSSR count). The Morgan fingerprint density at radius 3 is 2.79 bits per heavy atom. The lowest BCUT2D eigenvalue weighted by Gasteiger charge is -2.21. The number of rotatable bonds is 6. The summed E-state index contributed by atoms with van der Waals surface area (Å²) in [6.45, 7) is 2.87. The van der Waals surface area contributed by atoms with Crippen LogP contribution >= 0.6 is 0 Å². The number of nitrogens with zero attached hydrogens (tertiary/aromatic N) is 1. The molecule has 0 aromatic heterocycles. The number of likely N-dealkylation sites (tertiary alicyclic amines) is 1. The number of ether oxygens (including phenoxy) is 1. The number of urea groups is 1. The molecule has 7 heteroatoms. The van der Waals surface area contributed by atoms with Crippen molar-refractivity contribution in [2.45, 2.75) is 38.6 Å². The van der Waals surface area contributed by atoms with Crippen LogP contribution in [0.15, 0.2) is 0 Å². The molecular formula is C12H20N2O5. The SMILES string of the molecule is CCOC(=O)CCCNC(=O)N1CCC[C@H]1C(=O)O. The second-order valence-electron chi connectivity index (χ2n) is 4.33. The van der Waals surface area contributed by atoms with Crippen LogP contribution < -0.4 is 5.32 Å². The van der Waals surface area contributed by atoms with Crippen molar-refractivity contribution in [3.63, 3.8) is 0 Å². The molecule has 19 heavy (non-hydrogen) atoms. The van der Waals surface area contributed by atoms with Gasteiger partial charge in [-0.15, -0.1) is 0 Å². The number of aliphatic carboxylic acids is 1. The van der Waals surface area contributed by atoms with Crippen molar-refractivity contribution >= 4 is 18.0 Å². The summed E-state index contributed by atoms with van der Waals surface area (Å²) < 4.78 is 4.76. The average Bonchev–Trinajstić information content (AvgIpc) is 2.84. The van der Waals surface area contributed by atoms with Crippen molar-refractivity contribution in [3.8, 4) is 0 Å². The fraction of sp³-hybridized carbons (Fsp3) is 0.750. The lowest BCUT2D eigenvalue weighted by molar-refractivity contribution is -0.143. The molecule has 1 atom stereocenters. The number of hydrogen-bond donors (Lipinski definition) is 2. The highest BCUT2D eigenvalue weighted by Crippen LogP contribution is 2.17. The number of esters is 1. The molecule has 0 aliphatic carbocycles. The summed E-state index contributed by atoms with van der Waals surface area (Å²) in [5.41, 5.74) is 0. The number of amides is 2. The van der Waals surface area contributed by atoms with Crippen molar-refractivity contribution in [2.24, 2.45) is 0 Å². The molecule has 0 aromatic rings. The molecule has 1 aliphatic heterocycles. The molecule has 2 N–H and O–H groups in total. The molecule has 0 aromatic carbocycles. The number of carbonyl (C=O) groups excluding carboxylic acids is 2. The molecule has 1 aliphatic rings. The van der Waals surface area contributed by atoms with Crippen LogP contribution in [0.25, 0.3) is 0 Å². The van der Waals surface area contributed by atoms with E-state index >= 15 is 0 Å². The Morgan fingerprint density at radius 2 is 2.16 bits per heavy atom. The quantitative estimate of drug-likeness (QED) is 0.545. The van der Waals surface area contributed by atoms with Crippen molar-refractivity contribution in [1.82, 2.24) is 10.2 Å². The van der Waals surface area contributed by atoms with Crippen molar-refractivity contribution < 1.29 is 24.2 Å². The van der Waals surface area contributed by atoms with E-state index < -0.39 is 12.0 Å². The molecule has 0 spiro atoms. The molecule has 0 bridgehead atoms. The Labute approximate surface area is 111 Å². The monoisotopic (exact) mass is 272 g/mol. The fourth-order valence-electron chi connectivity index (χ4n) is 2.03.